The summed E-state index contributed by atoms with van der Waals surface area (Å²) in [6.07, 6.45) is 0. The van der Waals surface area contributed by atoms with E-state index in [1.807, 2.05) is 0 Å². The second kappa shape index (κ2) is 4.45. The van der Waals surface area contributed by atoms with Gasteiger partial charge in [-0.05, 0) is 24.3 Å². The molecule has 2 aromatic rings. The minimum Gasteiger partial charge on any atom is -0.288 e. The van der Waals surface area contributed by atoms with Gasteiger partial charge >= 0.3 is 0 Å². The largest absolute Gasteiger partial charge is 0.288 e. The first-order valence-corrected chi connectivity index (χ1v) is 5.11. The number of hydrogen-bond donors (Lipinski definition) is 0. The Balaban J connectivity index is 2.48. The van der Waals surface area contributed by atoms with Crippen LogP contribution in [0.3, 0.4) is 0 Å². The fourth-order valence-corrected chi connectivity index (χ4v) is 1.66. The van der Waals surface area contributed by atoms with Gasteiger partial charge in [0.25, 0.3) is 0 Å². The molecule has 0 bridgehead atoms. The Bertz CT molecular complexity index is 489. The van der Waals surface area contributed by atoms with E-state index in [0.29, 0.717) is 10.6 Å². The topological polar surface area (TPSA) is 17.1 Å². The van der Waals surface area contributed by atoms with Gasteiger partial charge in [0.15, 0.2) is 5.78 Å². The summed E-state index contributed by atoms with van der Waals surface area (Å²) in [6, 6.07) is 12.5. The highest BCUT2D eigenvalue weighted by Crippen LogP contribution is 2.20. The fourth-order valence-electron chi connectivity index (χ4n) is 1.44. The van der Waals surface area contributed by atoms with Crippen LogP contribution in [0.15, 0.2) is 48.5 Å². The molecule has 0 aliphatic rings. The van der Waals surface area contributed by atoms with Crippen molar-refractivity contribution in [3.8, 4) is 0 Å². The highest BCUT2D eigenvalue weighted by atomic mass is 35.5. The predicted octanol–water partition coefficient (Wildman–Crippen LogP) is 3.71. The van der Waals surface area contributed by atoms with Gasteiger partial charge in [0, 0.05) is 5.56 Å². The number of carbonyl (C=O) groups excluding carboxylic acids is 1. The van der Waals surface area contributed by atoms with Crippen molar-refractivity contribution in [1.29, 1.82) is 0 Å². The Labute approximate surface area is 97.5 Å². The number of carbonyl (C=O) groups is 1. The minimum atomic E-state index is -0.535. The number of rotatable bonds is 2. The van der Waals surface area contributed by atoms with Gasteiger partial charge in [-0.25, -0.2) is 4.39 Å². The Morgan fingerprint density at radius 1 is 0.938 bits per heavy atom. The summed E-state index contributed by atoms with van der Waals surface area (Å²) in [5.41, 5.74) is 0.352. The molecule has 2 aromatic carbocycles. The molecule has 0 radical (unpaired) electrons. The first kappa shape index (κ1) is 10.8. The lowest BCUT2D eigenvalue weighted by atomic mass is 10.0. The smallest absolute Gasteiger partial charge is 0.197 e. The molecule has 0 saturated carbocycles. The van der Waals surface area contributed by atoms with Gasteiger partial charge in [-0.3, -0.25) is 4.79 Å². The van der Waals surface area contributed by atoms with Gasteiger partial charge in [0.05, 0.1) is 10.6 Å². The zero-order valence-corrected chi connectivity index (χ0v) is 9.04. The Hall–Kier alpha value is -1.67. The molecule has 0 saturated heterocycles. The van der Waals surface area contributed by atoms with Crippen molar-refractivity contribution in [3.05, 3.63) is 70.5 Å². The molecule has 0 aliphatic carbocycles. The molecule has 0 fully saturated rings. The van der Waals surface area contributed by atoms with Crippen LogP contribution >= 0.6 is 11.6 Å². The maximum absolute atomic E-state index is 13.4. The van der Waals surface area contributed by atoms with Crippen LogP contribution in [-0.2, 0) is 0 Å². The van der Waals surface area contributed by atoms with Crippen molar-refractivity contribution < 1.29 is 9.18 Å². The first-order chi connectivity index (χ1) is 7.70. The van der Waals surface area contributed by atoms with Gasteiger partial charge < -0.3 is 0 Å². The molecule has 0 spiro atoms. The van der Waals surface area contributed by atoms with E-state index in [4.69, 9.17) is 11.6 Å². The van der Waals surface area contributed by atoms with Crippen LogP contribution in [0.5, 0.6) is 0 Å². The molecule has 16 heavy (non-hydrogen) atoms. The van der Waals surface area contributed by atoms with E-state index in [-0.39, 0.29) is 5.56 Å². The Morgan fingerprint density at radius 3 is 2.12 bits per heavy atom. The van der Waals surface area contributed by atoms with Crippen LogP contribution in [0.4, 0.5) is 4.39 Å². The van der Waals surface area contributed by atoms with Crippen molar-refractivity contribution in [3.63, 3.8) is 0 Å². The summed E-state index contributed by atoms with van der Waals surface area (Å²) >= 11 is 5.88. The van der Waals surface area contributed by atoms with E-state index in [9.17, 15) is 9.18 Å². The number of halogens is 2. The summed E-state index contributed by atoms with van der Waals surface area (Å²) in [5, 5.41) is 0.329. The van der Waals surface area contributed by atoms with Gasteiger partial charge in [-0.2, -0.15) is 0 Å². The number of hydrogen-bond acceptors (Lipinski definition) is 1. The lowest BCUT2D eigenvalue weighted by Crippen LogP contribution is -2.04. The van der Waals surface area contributed by atoms with Gasteiger partial charge in [0.1, 0.15) is 5.82 Å². The molecule has 2 rings (SSSR count). The fraction of sp³-hybridized carbons (Fsp3) is 0. The quantitative estimate of drug-likeness (QED) is 0.724. The third-order valence-corrected chi connectivity index (χ3v) is 2.57. The first-order valence-electron chi connectivity index (χ1n) is 4.74. The van der Waals surface area contributed by atoms with Crippen LogP contribution in [0, 0.1) is 5.82 Å². The highest BCUT2D eigenvalue weighted by molar-refractivity contribution is 6.34. The van der Waals surface area contributed by atoms with E-state index < -0.39 is 11.6 Å². The van der Waals surface area contributed by atoms with Gasteiger partial charge in [0.2, 0.25) is 0 Å². The average Bonchev–Trinajstić information content (AvgIpc) is 2.29. The van der Waals surface area contributed by atoms with Crippen molar-refractivity contribution in [2.45, 2.75) is 0 Å². The van der Waals surface area contributed by atoms with E-state index in [0.717, 1.165) is 0 Å². The zero-order valence-electron chi connectivity index (χ0n) is 8.28. The summed E-state index contributed by atoms with van der Waals surface area (Å²) in [4.78, 5) is 12.0. The van der Waals surface area contributed by atoms with E-state index in [1.165, 1.54) is 12.1 Å². The van der Waals surface area contributed by atoms with Crippen LogP contribution in [-0.4, -0.2) is 5.78 Å². The molecular weight excluding hydrogens is 227 g/mol. The average molecular weight is 235 g/mol. The van der Waals surface area contributed by atoms with Crippen molar-refractivity contribution in [1.82, 2.24) is 0 Å². The summed E-state index contributed by atoms with van der Waals surface area (Å²) < 4.78 is 13.4. The predicted molar refractivity (Wildman–Crippen MR) is 61.3 cm³/mol. The zero-order chi connectivity index (χ0) is 11.5. The van der Waals surface area contributed by atoms with Crippen molar-refractivity contribution >= 4 is 17.4 Å². The molecule has 80 valence electrons. The van der Waals surface area contributed by atoms with Gasteiger partial charge in [-0.15, -0.1) is 0 Å². The van der Waals surface area contributed by atoms with Crippen molar-refractivity contribution in [2.75, 3.05) is 0 Å². The third kappa shape index (κ3) is 1.97. The summed E-state index contributed by atoms with van der Waals surface area (Å²) in [5.74, 6) is -0.934. The van der Waals surface area contributed by atoms with Crippen LogP contribution in [0.25, 0.3) is 0 Å². The molecular formula is C13H8ClFO. The molecule has 0 amide bonds. The monoisotopic (exact) mass is 234 g/mol. The normalized spacial score (nSPS) is 10.1. The summed E-state index contributed by atoms with van der Waals surface area (Å²) in [6.45, 7) is 0. The maximum atomic E-state index is 13.4. The highest BCUT2D eigenvalue weighted by Gasteiger charge is 2.15. The molecule has 0 N–H and O–H groups in total. The molecule has 1 nitrogen and oxygen atoms in total. The van der Waals surface area contributed by atoms with Gasteiger partial charge in [-0.1, -0.05) is 35.9 Å². The molecule has 0 atom stereocenters. The van der Waals surface area contributed by atoms with Crippen LogP contribution < -0.4 is 0 Å². The second-order valence-electron chi connectivity index (χ2n) is 3.29. The molecule has 0 unspecified atom stereocenters. The molecule has 0 heterocycles. The van der Waals surface area contributed by atoms with Crippen LogP contribution in [0.1, 0.15) is 15.9 Å². The maximum Gasteiger partial charge on any atom is 0.197 e. The lowest BCUT2D eigenvalue weighted by Gasteiger charge is -2.03. The lowest BCUT2D eigenvalue weighted by molar-refractivity contribution is 0.103. The molecule has 0 aliphatic heterocycles. The number of benzene rings is 2. The minimum absolute atomic E-state index is 0.0376. The summed E-state index contributed by atoms with van der Waals surface area (Å²) in [7, 11) is 0. The standard InChI is InChI=1S/C13H8ClFO/c14-11-7-3-1-5-9(11)13(16)10-6-2-4-8-12(10)15/h1-8H. The Morgan fingerprint density at radius 2 is 1.50 bits per heavy atom. The second-order valence-corrected chi connectivity index (χ2v) is 3.70. The van der Waals surface area contributed by atoms with E-state index in [1.54, 1.807) is 36.4 Å². The van der Waals surface area contributed by atoms with E-state index in [2.05, 4.69) is 0 Å². The van der Waals surface area contributed by atoms with E-state index >= 15 is 0 Å². The Kier molecular flexibility index (Phi) is 3.02. The van der Waals surface area contributed by atoms with Crippen LogP contribution in [0.2, 0.25) is 5.02 Å². The molecule has 3 heteroatoms. The number of ketones is 1. The van der Waals surface area contributed by atoms with Crippen molar-refractivity contribution in [2.24, 2.45) is 0 Å². The third-order valence-electron chi connectivity index (χ3n) is 2.24. The SMILES string of the molecule is O=C(c1ccccc1F)c1ccccc1Cl. The molecule has 0 aromatic heterocycles.